The molecule has 1 fully saturated rings. The number of rotatable bonds is 4. The molecular weight excluding hydrogens is 396 g/mol. The summed E-state index contributed by atoms with van der Waals surface area (Å²) in [6.45, 7) is 3.64. The number of halogens is 2. The number of hydrogen-bond acceptors (Lipinski definition) is 2. The summed E-state index contributed by atoms with van der Waals surface area (Å²) in [6.07, 6.45) is 3.77. The highest BCUT2D eigenvalue weighted by Crippen LogP contribution is 2.41. The molecule has 6 rings (SSSR count). The van der Waals surface area contributed by atoms with Crippen LogP contribution in [0.1, 0.15) is 19.3 Å². The van der Waals surface area contributed by atoms with Crippen LogP contribution in [-0.4, -0.2) is 41.1 Å². The lowest BCUT2D eigenvalue weighted by Gasteiger charge is -2.26. The van der Waals surface area contributed by atoms with Gasteiger partial charge >= 0.3 is 0 Å². The second kappa shape index (κ2) is 7.24. The predicted octanol–water partition coefficient (Wildman–Crippen LogP) is 6.10. The number of likely N-dealkylation sites (tertiary alicyclic amines) is 1. The number of nitrogens with zero attached hydrogens (tertiary/aromatic N) is 1. The second-order valence-electron chi connectivity index (χ2n) is 8.43. The maximum Gasteiger partial charge on any atom is 0.167 e. The van der Waals surface area contributed by atoms with Crippen LogP contribution in [0.2, 0.25) is 0 Å². The average molecular weight is 419 g/mol. The molecule has 0 bridgehead atoms. The van der Waals surface area contributed by atoms with Crippen molar-refractivity contribution in [2.75, 3.05) is 26.2 Å². The summed E-state index contributed by atoms with van der Waals surface area (Å²) in [4.78, 5) is 9.25. The highest BCUT2D eigenvalue weighted by atomic mass is 19.1. The smallest absolute Gasteiger partial charge is 0.167 e. The first kappa shape index (κ1) is 18.6. The molecule has 3 heterocycles. The molecule has 1 saturated heterocycles. The number of aromatic amines is 2. The van der Waals surface area contributed by atoms with Crippen molar-refractivity contribution in [1.82, 2.24) is 14.9 Å². The monoisotopic (exact) mass is 419 g/mol. The third-order valence-electron chi connectivity index (χ3n) is 6.45. The van der Waals surface area contributed by atoms with Gasteiger partial charge in [0.1, 0.15) is 18.2 Å². The summed E-state index contributed by atoms with van der Waals surface area (Å²) >= 11 is 0. The molecule has 2 N–H and O–H groups in total. The molecule has 0 saturated carbocycles. The Morgan fingerprint density at radius 3 is 1.90 bits per heavy atom. The zero-order valence-electron chi connectivity index (χ0n) is 17.1. The standard InChI is InChI=1S/C25H23F2N3O/c26-15-4-6-21-17(12-15)19-14-20-18-13-16(27)5-7-22(18)29-24(20)25(23(19)28-21)31-11-10-30-8-2-1-3-9-30/h4-7,12-14,28-29H,1-3,8-11H2. The Morgan fingerprint density at radius 2 is 1.32 bits per heavy atom. The average Bonchev–Trinajstić information content (AvgIpc) is 3.32. The topological polar surface area (TPSA) is 44.0 Å². The molecule has 6 heteroatoms. The van der Waals surface area contributed by atoms with Crippen LogP contribution in [-0.2, 0) is 0 Å². The summed E-state index contributed by atoms with van der Waals surface area (Å²) in [5.74, 6) is 0.134. The number of ether oxygens (including phenoxy) is 1. The van der Waals surface area contributed by atoms with Crippen molar-refractivity contribution in [3.05, 3.63) is 54.1 Å². The lowest BCUT2D eigenvalue weighted by molar-refractivity contribution is 0.185. The van der Waals surface area contributed by atoms with Gasteiger partial charge in [-0.1, -0.05) is 6.42 Å². The maximum atomic E-state index is 14.0. The fraction of sp³-hybridized carbons (Fsp3) is 0.280. The first-order valence-electron chi connectivity index (χ1n) is 10.9. The summed E-state index contributed by atoms with van der Waals surface area (Å²) in [5, 5.41) is 3.34. The van der Waals surface area contributed by atoms with E-state index in [1.807, 2.05) is 6.07 Å². The minimum atomic E-state index is -0.286. The number of nitrogens with one attached hydrogen (secondary N) is 2. The lowest BCUT2D eigenvalue weighted by Crippen LogP contribution is -2.33. The normalized spacial score (nSPS) is 15.5. The largest absolute Gasteiger partial charge is 0.488 e. The third-order valence-corrected chi connectivity index (χ3v) is 6.45. The molecular formula is C25H23F2N3O. The van der Waals surface area contributed by atoms with Crippen LogP contribution in [0.25, 0.3) is 43.6 Å². The number of piperidine rings is 1. The van der Waals surface area contributed by atoms with E-state index in [1.165, 1.54) is 43.5 Å². The van der Waals surface area contributed by atoms with E-state index < -0.39 is 0 Å². The predicted molar refractivity (Wildman–Crippen MR) is 121 cm³/mol. The maximum absolute atomic E-state index is 14.0. The van der Waals surface area contributed by atoms with E-state index in [2.05, 4.69) is 14.9 Å². The van der Waals surface area contributed by atoms with Crippen LogP contribution in [0.15, 0.2) is 42.5 Å². The Kier molecular flexibility index (Phi) is 4.35. The highest BCUT2D eigenvalue weighted by molar-refractivity contribution is 6.20. The molecule has 158 valence electrons. The molecule has 1 aliphatic rings. The van der Waals surface area contributed by atoms with Gasteiger partial charge in [0.15, 0.2) is 5.75 Å². The fourth-order valence-electron chi connectivity index (χ4n) is 4.90. The van der Waals surface area contributed by atoms with Gasteiger partial charge in [-0.3, -0.25) is 4.90 Å². The Bertz CT molecular complexity index is 1330. The van der Waals surface area contributed by atoms with Gasteiger partial charge < -0.3 is 14.7 Å². The van der Waals surface area contributed by atoms with Crippen LogP contribution in [0.3, 0.4) is 0 Å². The molecule has 0 aliphatic carbocycles. The minimum absolute atomic E-state index is 0.286. The van der Waals surface area contributed by atoms with Gasteiger partial charge in [-0.25, -0.2) is 8.78 Å². The molecule has 0 radical (unpaired) electrons. The molecule has 3 aromatic carbocycles. The molecule has 31 heavy (non-hydrogen) atoms. The minimum Gasteiger partial charge on any atom is -0.488 e. The SMILES string of the molecule is Fc1ccc2[nH]c3c(OCCN4CCCCC4)c4[nH]c5ccc(F)cc5c4cc3c2c1. The molecule has 0 amide bonds. The Hall–Kier alpha value is -3.12. The van der Waals surface area contributed by atoms with Crippen molar-refractivity contribution in [3.63, 3.8) is 0 Å². The highest BCUT2D eigenvalue weighted by Gasteiger charge is 2.19. The zero-order valence-corrected chi connectivity index (χ0v) is 17.1. The van der Waals surface area contributed by atoms with E-state index in [4.69, 9.17) is 4.74 Å². The quantitative estimate of drug-likeness (QED) is 0.370. The number of hydrogen-bond donors (Lipinski definition) is 2. The Morgan fingerprint density at radius 1 is 0.742 bits per heavy atom. The van der Waals surface area contributed by atoms with Gasteiger partial charge in [0.25, 0.3) is 0 Å². The molecule has 0 spiro atoms. The Balaban J connectivity index is 1.53. The Labute approximate surface area is 177 Å². The van der Waals surface area contributed by atoms with Crippen LogP contribution in [0.5, 0.6) is 5.75 Å². The van der Waals surface area contributed by atoms with Gasteiger partial charge in [0.05, 0.1) is 11.0 Å². The van der Waals surface area contributed by atoms with Crippen LogP contribution in [0.4, 0.5) is 8.78 Å². The van der Waals surface area contributed by atoms with E-state index in [0.717, 1.165) is 63.2 Å². The summed E-state index contributed by atoms with van der Waals surface area (Å²) in [7, 11) is 0. The summed E-state index contributed by atoms with van der Waals surface area (Å²) in [6, 6.07) is 11.5. The van der Waals surface area contributed by atoms with Gasteiger partial charge in [0.2, 0.25) is 0 Å². The van der Waals surface area contributed by atoms with Gasteiger partial charge in [-0.15, -0.1) is 0 Å². The summed E-state index contributed by atoms with van der Waals surface area (Å²) in [5.41, 5.74) is 3.36. The van der Waals surface area contributed by atoms with Crippen molar-refractivity contribution in [2.24, 2.45) is 0 Å². The molecule has 2 aromatic heterocycles. The molecule has 4 nitrogen and oxygen atoms in total. The fourth-order valence-corrected chi connectivity index (χ4v) is 4.90. The van der Waals surface area contributed by atoms with E-state index in [9.17, 15) is 8.78 Å². The van der Waals surface area contributed by atoms with Crippen LogP contribution in [0, 0.1) is 11.6 Å². The number of aromatic nitrogens is 2. The first-order valence-corrected chi connectivity index (χ1v) is 10.9. The van der Waals surface area contributed by atoms with Crippen molar-refractivity contribution >= 4 is 43.6 Å². The van der Waals surface area contributed by atoms with E-state index in [-0.39, 0.29) is 11.6 Å². The van der Waals surface area contributed by atoms with Crippen LogP contribution >= 0.6 is 0 Å². The first-order chi connectivity index (χ1) is 15.2. The molecule has 0 unspecified atom stereocenters. The van der Waals surface area contributed by atoms with E-state index in [1.54, 1.807) is 12.1 Å². The number of fused-ring (bicyclic) bond motifs is 6. The van der Waals surface area contributed by atoms with Gasteiger partial charge in [-0.05, 0) is 68.4 Å². The third kappa shape index (κ3) is 3.13. The van der Waals surface area contributed by atoms with Crippen molar-refractivity contribution in [3.8, 4) is 5.75 Å². The van der Waals surface area contributed by atoms with Crippen molar-refractivity contribution in [2.45, 2.75) is 19.3 Å². The van der Waals surface area contributed by atoms with E-state index in [0.29, 0.717) is 12.4 Å². The van der Waals surface area contributed by atoms with Crippen molar-refractivity contribution in [1.29, 1.82) is 0 Å². The second-order valence-corrected chi connectivity index (χ2v) is 8.43. The zero-order chi connectivity index (χ0) is 20.9. The molecule has 0 atom stereocenters. The van der Waals surface area contributed by atoms with Gasteiger partial charge in [0, 0.05) is 39.1 Å². The molecule has 1 aliphatic heterocycles. The van der Waals surface area contributed by atoms with E-state index >= 15 is 0 Å². The van der Waals surface area contributed by atoms with Gasteiger partial charge in [-0.2, -0.15) is 0 Å². The summed E-state index contributed by atoms with van der Waals surface area (Å²) < 4.78 is 34.4. The van der Waals surface area contributed by atoms with Crippen molar-refractivity contribution < 1.29 is 13.5 Å². The lowest BCUT2D eigenvalue weighted by atomic mass is 10.1. The van der Waals surface area contributed by atoms with Crippen LogP contribution < -0.4 is 4.74 Å². The number of H-pyrrole nitrogens is 2. The molecule has 5 aromatic rings. The number of benzene rings is 3.